The number of carbonyl (C=O) groups is 1. The number of rotatable bonds is 4. The number of hydrogen-bond donors (Lipinski definition) is 2. The lowest BCUT2D eigenvalue weighted by atomic mass is 9.90. The molecule has 116 valence electrons. The van der Waals surface area contributed by atoms with Gasteiger partial charge < -0.3 is 20.1 Å². The summed E-state index contributed by atoms with van der Waals surface area (Å²) in [6.07, 6.45) is 0.363. The molecular weight excluding hydrogens is 302 g/mol. The average molecular weight is 319 g/mol. The molecule has 1 atom stereocenters. The molecule has 0 saturated heterocycles. The van der Waals surface area contributed by atoms with Crippen LogP contribution in [0.25, 0.3) is 0 Å². The van der Waals surface area contributed by atoms with Crippen LogP contribution < -0.4 is 20.1 Å². The number of hydrogen-bond acceptors (Lipinski definition) is 6. The van der Waals surface area contributed by atoms with Gasteiger partial charge in [0.2, 0.25) is 5.91 Å². The number of anilines is 2. The first-order chi connectivity index (χ1) is 10.7. The Bertz CT molecular complexity index is 714. The maximum Gasteiger partial charge on any atom is 0.226 e. The van der Waals surface area contributed by atoms with Crippen LogP contribution in [0.2, 0.25) is 0 Å². The van der Waals surface area contributed by atoms with E-state index in [1.807, 2.05) is 25.2 Å². The Morgan fingerprint density at radius 2 is 2.18 bits per heavy atom. The summed E-state index contributed by atoms with van der Waals surface area (Å²) in [5.41, 5.74) is 0.934. The van der Waals surface area contributed by atoms with Gasteiger partial charge in [0.1, 0.15) is 5.82 Å². The van der Waals surface area contributed by atoms with Crippen molar-refractivity contribution in [2.24, 2.45) is 0 Å². The van der Waals surface area contributed by atoms with Crippen molar-refractivity contribution >= 4 is 28.2 Å². The normalized spacial score (nSPS) is 16.7. The van der Waals surface area contributed by atoms with E-state index in [-0.39, 0.29) is 11.8 Å². The van der Waals surface area contributed by atoms with Gasteiger partial charge in [0.05, 0.1) is 19.1 Å². The van der Waals surface area contributed by atoms with Crippen LogP contribution >= 0.6 is 11.3 Å². The molecule has 0 spiro atoms. The van der Waals surface area contributed by atoms with E-state index in [4.69, 9.17) is 9.47 Å². The molecule has 0 fully saturated rings. The van der Waals surface area contributed by atoms with Gasteiger partial charge in [-0.2, -0.15) is 0 Å². The number of nitrogens with one attached hydrogen (secondary N) is 2. The highest BCUT2D eigenvalue weighted by molar-refractivity contribution is 7.16. The number of thiazole rings is 1. The third kappa shape index (κ3) is 2.37. The minimum Gasteiger partial charge on any atom is -0.493 e. The minimum absolute atomic E-state index is 0.0460. The molecule has 0 aliphatic carbocycles. The van der Waals surface area contributed by atoms with E-state index in [2.05, 4.69) is 15.6 Å². The van der Waals surface area contributed by atoms with Crippen LogP contribution in [0.5, 0.6) is 11.5 Å². The predicted octanol–water partition coefficient (Wildman–Crippen LogP) is 2.68. The molecule has 0 unspecified atom stereocenters. The molecule has 2 N–H and O–H groups in total. The molecule has 1 aromatic carbocycles. The molecule has 1 aliphatic heterocycles. The molecule has 2 aromatic rings. The molecule has 0 bridgehead atoms. The highest BCUT2D eigenvalue weighted by Gasteiger charge is 2.32. The fourth-order valence-corrected chi connectivity index (χ4v) is 3.66. The van der Waals surface area contributed by atoms with Crippen LogP contribution in [0.4, 0.5) is 10.9 Å². The highest BCUT2D eigenvalue weighted by atomic mass is 32.1. The fourth-order valence-electron chi connectivity index (χ4n) is 2.66. The van der Waals surface area contributed by atoms with Crippen molar-refractivity contribution in [2.75, 3.05) is 31.9 Å². The number of aromatic nitrogens is 1. The molecule has 0 radical (unpaired) electrons. The van der Waals surface area contributed by atoms with E-state index in [1.54, 1.807) is 14.2 Å². The van der Waals surface area contributed by atoms with Crippen molar-refractivity contribution in [3.63, 3.8) is 0 Å². The predicted molar refractivity (Wildman–Crippen MR) is 86.3 cm³/mol. The summed E-state index contributed by atoms with van der Waals surface area (Å²) in [5, 5.41) is 6.63. The van der Waals surface area contributed by atoms with Crippen LogP contribution in [-0.2, 0) is 4.79 Å². The van der Waals surface area contributed by atoms with Gasteiger partial charge in [-0.1, -0.05) is 23.5 Å². The van der Waals surface area contributed by atoms with Gasteiger partial charge in [-0.05, 0) is 6.07 Å². The Morgan fingerprint density at radius 3 is 2.86 bits per heavy atom. The molecular formula is C15H17N3O3S. The lowest BCUT2D eigenvalue weighted by Crippen LogP contribution is -2.23. The van der Waals surface area contributed by atoms with Crippen molar-refractivity contribution in [3.8, 4) is 11.5 Å². The largest absolute Gasteiger partial charge is 0.493 e. The summed E-state index contributed by atoms with van der Waals surface area (Å²) >= 11 is 1.54. The van der Waals surface area contributed by atoms with Gasteiger partial charge in [0.25, 0.3) is 0 Å². The monoisotopic (exact) mass is 319 g/mol. The molecule has 7 heteroatoms. The molecule has 6 nitrogen and oxygen atoms in total. The zero-order chi connectivity index (χ0) is 15.7. The number of para-hydroxylation sites is 1. The van der Waals surface area contributed by atoms with Crippen LogP contribution in [0.15, 0.2) is 18.2 Å². The summed E-state index contributed by atoms with van der Waals surface area (Å²) in [6, 6.07) is 5.72. The number of nitrogens with zero attached hydrogens (tertiary/aromatic N) is 1. The van der Waals surface area contributed by atoms with Crippen molar-refractivity contribution < 1.29 is 14.3 Å². The molecule has 1 amide bonds. The van der Waals surface area contributed by atoms with Gasteiger partial charge >= 0.3 is 0 Å². The number of amides is 1. The van der Waals surface area contributed by atoms with Gasteiger partial charge in [-0.3, -0.25) is 4.79 Å². The van der Waals surface area contributed by atoms with Gasteiger partial charge in [-0.15, -0.1) is 0 Å². The zero-order valence-electron chi connectivity index (χ0n) is 12.6. The van der Waals surface area contributed by atoms with Crippen molar-refractivity contribution in [1.82, 2.24) is 4.98 Å². The summed E-state index contributed by atoms with van der Waals surface area (Å²) in [6.45, 7) is 0. The quantitative estimate of drug-likeness (QED) is 0.906. The van der Waals surface area contributed by atoms with E-state index in [9.17, 15) is 4.79 Å². The third-order valence-electron chi connectivity index (χ3n) is 3.64. The second kappa shape index (κ2) is 5.84. The smallest absolute Gasteiger partial charge is 0.226 e. The molecule has 1 aliphatic rings. The Morgan fingerprint density at radius 1 is 1.36 bits per heavy atom. The number of carbonyl (C=O) groups excluding carboxylic acids is 1. The van der Waals surface area contributed by atoms with Crippen LogP contribution in [-0.4, -0.2) is 32.2 Å². The topological polar surface area (TPSA) is 72.5 Å². The Balaban J connectivity index is 2.13. The fraction of sp³-hybridized carbons (Fsp3) is 0.333. The summed E-state index contributed by atoms with van der Waals surface area (Å²) in [5.74, 6) is 1.81. The third-order valence-corrected chi connectivity index (χ3v) is 4.83. The molecule has 3 rings (SSSR count). The van der Waals surface area contributed by atoms with Gasteiger partial charge in [-0.25, -0.2) is 4.98 Å². The highest BCUT2D eigenvalue weighted by Crippen LogP contribution is 2.46. The maximum absolute atomic E-state index is 12.0. The SMILES string of the molecule is CNc1nc2c(s1)[C@@H](c1cccc(OC)c1OC)CC(=O)N2. The Labute approximate surface area is 132 Å². The summed E-state index contributed by atoms with van der Waals surface area (Å²) < 4.78 is 10.9. The number of benzene rings is 1. The van der Waals surface area contributed by atoms with E-state index in [0.29, 0.717) is 23.7 Å². The first-order valence-electron chi connectivity index (χ1n) is 6.87. The summed E-state index contributed by atoms with van der Waals surface area (Å²) in [4.78, 5) is 17.4. The second-order valence-electron chi connectivity index (χ2n) is 4.87. The zero-order valence-corrected chi connectivity index (χ0v) is 13.4. The Kier molecular flexibility index (Phi) is 3.89. The maximum atomic E-state index is 12.0. The molecule has 22 heavy (non-hydrogen) atoms. The van der Waals surface area contributed by atoms with Gasteiger partial charge in [0.15, 0.2) is 16.6 Å². The standard InChI is InChI=1S/C15H17N3O3S/c1-16-15-18-14-13(22-15)9(7-11(19)17-14)8-5-4-6-10(20-2)12(8)21-3/h4-6,9H,7H2,1-3H3,(H,16,18)(H,17,19)/t9-/m1/s1. The van der Waals surface area contributed by atoms with E-state index >= 15 is 0 Å². The van der Waals surface area contributed by atoms with E-state index in [1.165, 1.54) is 11.3 Å². The van der Waals surface area contributed by atoms with Crippen LogP contribution in [0.1, 0.15) is 22.8 Å². The van der Waals surface area contributed by atoms with Crippen LogP contribution in [0.3, 0.4) is 0 Å². The number of fused-ring (bicyclic) bond motifs is 1. The summed E-state index contributed by atoms with van der Waals surface area (Å²) in [7, 11) is 5.02. The number of ether oxygens (including phenoxy) is 2. The van der Waals surface area contributed by atoms with Gasteiger partial charge in [0, 0.05) is 24.9 Å². The first kappa shape index (κ1) is 14.6. The lowest BCUT2D eigenvalue weighted by Gasteiger charge is -2.24. The number of methoxy groups -OCH3 is 2. The first-order valence-corrected chi connectivity index (χ1v) is 7.68. The molecule has 2 heterocycles. The lowest BCUT2D eigenvalue weighted by molar-refractivity contribution is -0.116. The van der Waals surface area contributed by atoms with Crippen molar-refractivity contribution in [2.45, 2.75) is 12.3 Å². The Hall–Kier alpha value is -2.28. The van der Waals surface area contributed by atoms with Crippen molar-refractivity contribution in [3.05, 3.63) is 28.6 Å². The minimum atomic E-state index is -0.0894. The van der Waals surface area contributed by atoms with E-state index in [0.717, 1.165) is 15.6 Å². The second-order valence-corrected chi connectivity index (χ2v) is 5.90. The van der Waals surface area contributed by atoms with E-state index < -0.39 is 0 Å². The molecule has 1 aromatic heterocycles. The van der Waals surface area contributed by atoms with Crippen molar-refractivity contribution in [1.29, 1.82) is 0 Å². The van der Waals surface area contributed by atoms with Crippen LogP contribution in [0, 0.1) is 0 Å². The average Bonchev–Trinajstić information content (AvgIpc) is 2.96. The molecule has 0 saturated carbocycles.